The fourth-order valence-corrected chi connectivity index (χ4v) is 3.21. The molecule has 0 saturated carbocycles. The number of carbonyl (C=O) groups is 1. The highest BCUT2D eigenvalue weighted by Gasteiger charge is 2.23. The van der Waals surface area contributed by atoms with E-state index < -0.39 is 16.6 Å². The summed E-state index contributed by atoms with van der Waals surface area (Å²) in [4.78, 5) is 25.4. The zero-order chi connectivity index (χ0) is 18.7. The van der Waals surface area contributed by atoms with Crippen LogP contribution in [0.2, 0.25) is 5.02 Å². The molecular weight excluding hydrogens is 361 g/mol. The second kappa shape index (κ2) is 7.70. The number of hydrogen-bond acceptors (Lipinski definition) is 4. The number of benzene rings is 2. The first-order chi connectivity index (χ1) is 12.5. The van der Waals surface area contributed by atoms with Crippen molar-refractivity contribution in [3.63, 3.8) is 0 Å². The van der Waals surface area contributed by atoms with Crippen LogP contribution in [0.4, 0.5) is 21.5 Å². The molecule has 0 spiro atoms. The topological polar surface area (TPSA) is 75.5 Å². The van der Waals surface area contributed by atoms with Gasteiger partial charge in [-0.25, -0.2) is 4.39 Å². The van der Waals surface area contributed by atoms with Crippen LogP contribution in [-0.4, -0.2) is 23.9 Å². The fourth-order valence-electron chi connectivity index (χ4n) is 3.00. The van der Waals surface area contributed by atoms with Crippen LogP contribution in [0.5, 0.6) is 0 Å². The number of nitrogens with one attached hydrogen (secondary N) is 1. The number of amides is 1. The molecule has 1 aliphatic heterocycles. The lowest BCUT2D eigenvalue weighted by Crippen LogP contribution is -2.30. The van der Waals surface area contributed by atoms with E-state index in [-0.39, 0.29) is 22.0 Å². The monoisotopic (exact) mass is 377 g/mol. The van der Waals surface area contributed by atoms with Crippen molar-refractivity contribution in [3.8, 4) is 0 Å². The highest BCUT2D eigenvalue weighted by Crippen LogP contribution is 2.32. The molecule has 26 heavy (non-hydrogen) atoms. The van der Waals surface area contributed by atoms with Gasteiger partial charge in [-0.1, -0.05) is 11.6 Å². The van der Waals surface area contributed by atoms with Crippen molar-refractivity contribution in [2.24, 2.45) is 0 Å². The number of anilines is 2. The summed E-state index contributed by atoms with van der Waals surface area (Å²) < 4.78 is 13.1. The standard InChI is InChI=1S/C18H17ClFN3O3/c19-14-11-13(20)5-6-15(14)21-18(24)12-4-7-16(17(10-12)23(25)26)22-8-2-1-3-9-22/h4-7,10-11H,1-3,8-9H2,(H,21,24). The van der Waals surface area contributed by atoms with Gasteiger partial charge in [0.25, 0.3) is 11.6 Å². The van der Waals surface area contributed by atoms with E-state index in [4.69, 9.17) is 11.6 Å². The predicted molar refractivity (Wildman–Crippen MR) is 98.5 cm³/mol. The van der Waals surface area contributed by atoms with Gasteiger partial charge in [0.15, 0.2) is 0 Å². The van der Waals surface area contributed by atoms with Gasteiger partial charge in [-0.3, -0.25) is 14.9 Å². The molecule has 8 heteroatoms. The van der Waals surface area contributed by atoms with Gasteiger partial charge in [0.2, 0.25) is 0 Å². The minimum absolute atomic E-state index is 0.0535. The predicted octanol–water partition coefficient (Wildman–Crippen LogP) is 4.63. The first-order valence-electron chi connectivity index (χ1n) is 8.25. The van der Waals surface area contributed by atoms with Gasteiger partial charge in [-0.15, -0.1) is 0 Å². The fraction of sp³-hybridized carbons (Fsp3) is 0.278. The Morgan fingerprint density at radius 2 is 1.88 bits per heavy atom. The Balaban J connectivity index is 1.86. The zero-order valence-corrected chi connectivity index (χ0v) is 14.6. The molecular formula is C18H17ClFN3O3. The number of nitro benzene ring substituents is 1. The van der Waals surface area contributed by atoms with Crippen LogP contribution in [0.3, 0.4) is 0 Å². The molecule has 0 aliphatic carbocycles. The molecule has 3 rings (SSSR count). The number of hydrogen-bond donors (Lipinski definition) is 1. The molecule has 1 heterocycles. The van der Waals surface area contributed by atoms with Crippen molar-refractivity contribution in [2.45, 2.75) is 19.3 Å². The lowest BCUT2D eigenvalue weighted by atomic mass is 10.1. The van der Waals surface area contributed by atoms with Crippen molar-refractivity contribution in [3.05, 3.63) is 62.9 Å². The van der Waals surface area contributed by atoms with Crippen molar-refractivity contribution < 1.29 is 14.1 Å². The molecule has 1 fully saturated rings. The van der Waals surface area contributed by atoms with Crippen LogP contribution >= 0.6 is 11.6 Å². The van der Waals surface area contributed by atoms with E-state index in [1.54, 1.807) is 12.1 Å². The lowest BCUT2D eigenvalue weighted by Gasteiger charge is -2.28. The van der Waals surface area contributed by atoms with Gasteiger partial charge in [-0.2, -0.15) is 0 Å². The Morgan fingerprint density at radius 1 is 1.15 bits per heavy atom. The first-order valence-corrected chi connectivity index (χ1v) is 8.63. The molecule has 136 valence electrons. The average Bonchev–Trinajstić information content (AvgIpc) is 2.64. The zero-order valence-electron chi connectivity index (χ0n) is 13.9. The summed E-state index contributed by atoms with van der Waals surface area (Å²) in [6.45, 7) is 1.52. The van der Waals surface area contributed by atoms with Gasteiger partial charge in [-0.05, 0) is 49.6 Å². The molecule has 1 amide bonds. The van der Waals surface area contributed by atoms with Crippen LogP contribution in [0.15, 0.2) is 36.4 Å². The smallest absolute Gasteiger partial charge is 0.293 e. The van der Waals surface area contributed by atoms with Gasteiger partial charge < -0.3 is 10.2 Å². The molecule has 0 radical (unpaired) electrons. The third-order valence-electron chi connectivity index (χ3n) is 4.31. The summed E-state index contributed by atoms with van der Waals surface area (Å²) in [5.74, 6) is -1.07. The van der Waals surface area contributed by atoms with Crippen molar-refractivity contribution in [1.82, 2.24) is 0 Å². The van der Waals surface area contributed by atoms with E-state index in [0.717, 1.165) is 38.4 Å². The molecule has 2 aromatic rings. The molecule has 1 saturated heterocycles. The van der Waals surface area contributed by atoms with E-state index >= 15 is 0 Å². The molecule has 1 aliphatic rings. The van der Waals surface area contributed by atoms with E-state index in [2.05, 4.69) is 5.32 Å². The Morgan fingerprint density at radius 3 is 2.54 bits per heavy atom. The summed E-state index contributed by atoms with van der Waals surface area (Å²) in [6, 6.07) is 8.00. The maximum absolute atomic E-state index is 13.1. The Kier molecular flexibility index (Phi) is 5.37. The SMILES string of the molecule is O=C(Nc1ccc(F)cc1Cl)c1ccc(N2CCCCC2)c([N+](=O)[O-])c1. The normalized spacial score (nSPS) is 14.2. The summed E-state index contributed by atoms with van der Waals surface area (Å²) >= 11 is 5.90. The van der Waals surface area contributed by atoms with Gasteiger partial charge >= 0.3 is 0 Å². The Bertz CT molecular complexity index is 854. The molecule has 0 unspecified atom stereocenters. The largest absolute Gasteiger partial charge is 0.366 e. The van der Waals surface area contributed by atoms with Gasteiger partial charge in [0, 0.05) is 24.7 Å². The van der Waals surface area contributed by atoms with Crippen molar-refractivity contribution in [2.75, 3.05) is 23.3 Å². The van der Waals surface area contributed by atoms with E-state index in [9.17, 15) is 19.3 Å². The maximum atomic E-state index is 13.1. The van der Waals surface area contributed by atoms with Crippen LogP contribution < -0.4 is 10.2 Å². The summed E-state index contributed by atoms with van der Waals surface area (Å²) in [7, 11) is 0. The Labute approximate surface area is 154 Å². The number of nitrogens with zero attached hydrogens (tertiary/aromatic N) is 2. The van der Waals surface area contributed by atoms with Crippen LogP contribution in [0.1, 0.15) is 29.6 Å². The number of halogens is 2. The van der Waals surface area contributed by atoms with Crippen LogP contribution in [-0.2, 0) is 0 Å². The summed E-state index contributed by atoms with van der Waals surface area (Å²) in [6.07, 6.45) is 3.09. The number of carbonyl (C=O) groups excluding carboxylic acids is 1. The van der Waals surface area contributed by atoms with Crippen molar-refractivity contribution in [1.29, 1.82) is 0 Å². The maximum Gasteiger partial charge on any atom is 0.293 e. The molecule has 0 aromatic heterocycles. The minimum atomic E-state index is -0.549. The third kappa shape index (κ3) is 3.94. The summed E-state index contributed by atoms with van der Waals surface area (Å²) in [5.41, 5.74) is 0.787. The second-order valence-electron chi connectivity index (χ2n) is 6.09. The first kappa shape index (κ1) is 18.1. The number of piperidine rings is 1. The van der Waals surface area contributed by atoms with Gasteiger partial charge in [0.1, 0.15) is 11.5 Å². The quantitative estimate of drug-likeness (QED) is 0.622. The Hall–Kier alpha value is -2.67. The minimum Gasteiger partial charge on any atom is -0.366 e. The molecule has 0 atom stereocenters. The van der Waals surface area contributed by atoms with Crippen LogP contribution in [0.25, 0.3) is 0 Å². The highest BCUT2D eigenvalue weighted by atomic mass is 35.5. The third-order valence-corrected chi connectivity index (χ3v) is 4.62. The number of rotatable bonds is 4. The van der Waals surface area contributed by atoms with Crippen molar-refractivity contribution >= 4 is 34.6 Å². The van der Waals surface area contributed by atoms with Gasteiger partial charge in [0.05, 0.1) is 15.6 Å². The molecule has 2 aromatic carbocycles. The molecule has 0 bridgehead atoms. The van der Waals surface area contributed by atoms with E-state index in [1.807, 2.05) is 4.90 Å². The highest BCUT2D eigenvalue weighted by molar-refractivity contribution is 6.33. The molecule has 1 N–H and O–H groups in total. The van der Waals surface area contributed by atoms with E-state index in [1.165, 1.54) is 18.2 Å². The second-order valence-corrected chi connectivity index (χ2v) is 6.49. The lowest BCUT2D eigenvalue weighted by molar-refractivity contribution is -0.384. The average molecular weight is 378 g/mol. The number of nitro groups is 1. The van der Waals surface area contributed by atoms with E-state index in [0.29, 0.717) is 5.69 Å². The van der Waals surface area contributed by atoms with Crippen LogP contribution in [0, 0.1) is 15.9 Å². The molecule has 6 nitrogen and oxygen atoms in total. The summed E-state index contributed by atoms with van der Waals surface area (Å²) in [5, 5.41) is 14.1.